The molecule has 0 unspecified atom stereocenters. The highest BCUT2D eigenvalue weighted by atomic mass is 32.2. The van der Waals surface area contributed by atoms with Crippen LogP contribution in [0.15, 0.2) is 41.9 Å². The Hall–Kier alpha value is -2.19. The molecule has 0 bridgehead atoms. The molecule has 0 aromatic carbocycles. The van der Waals surface area contributed by atoms with Crippen molar-refractivity contribution in [3.8, 4) is 0 Å². The van der Waals surface area contributed by atoms with Gasteiger partial charge in [0.15, 0.2) is 0 Å². The fourth-order valence-corrected chi connectivity index (χ4v) is 4.65. The molecule has 23 heavy (non-hydrogen) atoms. The van der Waals surface area contributed by atoms with E-state index in [9.17, 15) is 8.42 Å². The monoisotopic (exact) mass is 331 g/mol. The largest absolute Gasteiger partial charge is 0.360 e. The molecule has 120 valence electrons. The second kappa shape index (κ2) is 5.47. The van der Waals surface area contributed by atoms with Gasteiger partial charge in [0, 0.05) is 37.1 Å². The lowest BCUT2D eigenvalue weighted by molar-refractivity contribution is 0.320. The second-order valence-electron chi connectivity index (χ2n) is 5.78. The standard InChI is InChI=1S/C15H17N5O2S/c21-23(22,12-7-18-19-8-12)20-5-2-11(3-6-20)14-9-17-15-10-16-4-1-13(14)15/h1,4,7-11,17H,2-3,5-6H2,(H,18,19). The maximum absolute atomic E-state index is 12.5. The quantitative estimate of drug-likeness (QED) is 0.766. The Kier molecular flexibility index (Phi) is 3.42. The average Bonchev–Trinajstić information content (AvgIpc) is 3.25. The molecule has 3 aromatic rings. The van der Waals surface area contributed by atoms with E-state index in [0.29, 0.717) is 19.0 Å². The van der Waals surface area contributed by atoms with Crippen LogP contribution in [0.5, 0.6) is 0 Å². The molecule has 0 amide bonds. The van der Waals surface area contributed by atoms with Crippen molar-refractivity contribution in [3.05, 3.63) is 42.6 Å². The highest BCUT2D eigenvalue weighted by Crippen LogP contribution is 2.34. The summed E-state index contributed by atoms with van der Waals surface area (Å²) in [5.74, 6) is 0.363. The van der Waals surface area contributed by atoms with E-state index in [4.69, 9.17) is 0 Å². The van der Waals surface area contributed by atoms with Gasteiger partial charge in [0.05, 0.1) is 17.9 Å². The van der Waals surface area contributed by atoms with Gasteiger partial charge in [-0.25, -0.2) is 8.42 Å². The van der Waals surface area contributed by atoms with Crippen molar-refractivity contribution in [2.75, 3.05) is 13.1 Å². The van der Waals surface area contributed by atoms with E-state index in [1.807, 2.05) is 18.5 Å². The number of sulfonamides is 1. The molecule has 0 atom stereocenters. The molecular formula is C15H17N5O2S. The highest BCUT2D eigenvalue weighted by molar-refractivity contribution is 7.89. The van der Waals surface area contributed by atoms with Gasteiger partial charge in [0.2, 0.25) is 10.0 Å². The number of aromatic amines is 2. The number of nitrogens with one attached hydrogen (secondary N) is 2. The van der Waals surface area contributed by atoms with Crippen LogP contribution in [0.2, 0.25) is 0 Å². The Bertz CT molecular complexity index is 908. The summed E-state index contributed by atoms with van der Waals surface area (Å²) in [6.07, 6.45) is 10.0. The first kappa shape index (κ1) is 14.4. The van der Waals surface area contributed by atoms with E-state index < -0.39 is 10.0 Å². The zero-order valence-corrected chi connectivity index (χ0v) is 13.3. The molecule has 7 nitrogen and oxygen atoms in total. The third-order valence-corrected chi connectivity index (χ3v) is 6.38. The van der Waals surface area contributed by atoms with Gasteiger partial charge < -0.3 is 4.98 Å². The first-order valence-corrected chi connectivity index (χ1v) is 9.00. The number of aromatic nitrogens is 4. The van der Waals surface area contributed by atoms with Crippen LogP contribution >= 0.6 is 0 Å². The Labute approximate surface area is 133 Å². The number of pyridine rings is 1. The van der Waals surface area contributed by atoms with Crippen LogP contribution < -0.4 is 0 Å². The molecule has 4 heterocycles. The zero-order chi connectivity index (χ0) is 15.9. The summed E-state index contributed by atoms with van der Waals surface area (Å²) in [5.41, 5.74) is 2.28. The van der Waals surface area contributed by atoms with Gasteiger partial charge in [0.25, 0.3) is 0 Å². The summed E-state index contributed by atoms with van der Waals surface area (Å²) in [4.78, 5) is 7.59. The second-order valence-corrected chi connectivity index (χ2v) is 7.72. The normalized spacial score (nSPS) is 17.7. The van der Waals surface area contributed by atoms with E-state index in [1.165, 1.54) is 23.3 Å². The molecule has 0 spiro atoms. The molecular weight excluding hydrogens is 314 g/mol. The van der Waals surface area contributed by atoms with E-state index in [2.05, 4.69) is 20.2 Å². The lowest BCUT2D eigenvalue weighted by Gasteiger charge is -2.30. The van der Waals surface area contributed by atoms with Crippen molar-refractivity contribution in [1.29, 1.82) is 0 Å². The van der Waals surface area contributed by atoms with Gasteiger partial charge in [-0.15, -0.1) is 0 Å². The summed E-state index contributed by atoms with van der Waals surface area (Å²) >= 11 is 0. The van der Waals surface area contributed by atoms with Gasteiger partial charge in [-0.3, -0.25) is 10.1 Å². The minimum absolute atomic E-state index is 0.231. The van der Waals surface area contributed by atoms with Crippen molar-refractivity contribution in [2.45, 2.75) is 23.7 Å². The Morgan fingerprint density at radius 3 is 2.74 bits per heavy atom. The maximum Gasteiger partial charge on any atom is 0.246 e. The third-order valence-electron chi connectivity index (χ3n) is 4.52. The molecule has 8 heteroatoms. The van der Waals surface area contributed by atoms with Crippen LogP contribution in [0.3, 0.4) is 0 Å². The smallest absolute Gasteiger partial charge is 0.246 e. The van der Waals surface area contributed by atoms with E-state index >= 15 is 0 Å². The average molecular weight is 331 g/mol. The maximum atomic E-state index is 12.5. The lowest BCUT2D eigenvalue weighted by Crippen LogP contribution is -2.37. The topological polar surface area (TPSA) is 94.7 Å². The predicted octanol–water partition coefficient (Wildman–Crippen LogP) is 1.85. The fraction of sp³-hybridized carbons (Fsp3) is 0.333. The van der Waals surface area contributed by atoms with Gasteiger partial charge in [-0.05, 0) is 30.4 Å². The highest BCUT2D eigenvalue weighted by Gasteiger charge is 2.31. The minimum atomic E-state index is -3.43. The summed E-state index contributed by atoms with van der Waals surface area (Å²) in [5, 5.41) is 7.47. The van der Waals surface area contributed by atoms with Crippen molar-refractivity contribution < 1.29 is 8.42 Å². The van der Waals surface area contributed by atoms with Gasteiger partial charge in [-0.2, -0.15) is 9.40 Å². The molecule has 0 radical (unpaired) electrons. The number of hydrogen-bond acceptors (Lipinski definition) is 4. The number of fused-ring (bicyclic) bond motifs is 1. The van der Waals surface area contributed by atoms with Crippen molar-refractivity contribution >= 4 is 20.9 Å². The first-order valence-electron chi connectivity index (χ1n) is 7.56. The number of nitrogens with zero attached hydrogens (tertiary/aromatic N) is 3. The molecule has 0 saturated carbocycles. The van der Waals surface area contributed by atoms with Crippen LogP contribution in [0.4, 0.5) is 0 Å². The Balaban J connectivity index is 1.53. The Morgan fingerprint density at radius 2 is 2.00 bits per heavy atom. The van der Waals surface area contributed by atoms with Crippen molar-refractivity contribution in [3.63, 3.8) is 0 Å². The number of piperidine rings is 1. The molecule has 4 rings (SSSR count). The van der Waals surface area contributed by atoms with Crippen molar-refractivity contribution in [2.24, 2.45) is 0 Å². The molecule has 1 aliphatic heterocycles. The number of hydrogen-bond donors (Lipinski definition) is 2. The van der Waals surface area contributed by atoms with Gasteiger partial charge >= 0.3 is 0 Å². The summed E-state index contributed by atoms with van der Waals surface area (Å²) < 4.78 is 26.6. The Morgan fingerprint density at radius 1 is 1.17 bits per heavy atom. The predicted molar refractivity (Wildman–Crippen MR) is 85.4 cm³/mol. The van der Waals surface area contributed by atoms with Crippen LogP contribution in [-0.4, -0.2) is 46.0 Å². The van der Waals surface area contributed by atoms with Crippen molar-refractivity contribution in [1.82, 2.24) is 24.5 Å². The molecule has 1 saturated heterocycles. The SMILES string of the molecule is O=S(=O)(c1cn[nH]c1)N1CCC(c2c[nH]c3cnccc23)CC1. The summed E-state index contributed by atoms with van der Waals surface area (Å²) in [6.45, 7) is 1.05. The minimum Gasteiger partial charge on any atom is -0.360 e. The van der Waals surface area contributed by atoms with Crippen LogP contribution in [0, 0.1) is 0 Å². The molecule has 0 aliphatic carbocycles. The van der Waals surface area contributed by atoms with Gasteiger partial charge in [-0.1, -0.05) is 0 Å². The van der Waals surface area contributed by atoms with Crippen LogP contribution in [0.1, 0.15) is 24.3 Å². The van der Waals surface area contributed by atoms with E-state index in [0.717, 1.165) is 18.4 Å². The molecule has 1 fully saturated rings. The van der Waals surface area contributed by atoms with E-state index in [1.54, 1.807) is 10.5 Å². The lowest BCUT2D eigenvalue weighted by atomic mass is 9.90. The third kappa shape index (κ3) is 2.43. The molecule has 3 aromatic heterocycles. The van der Waals surface area contributed by atoms with Crippen LogP contribution in [0.25, 0.3) is 10.9 Å². The zero-order valence-electron chi connectivity index (χ0n) is 12.4. The fourth-order valence-electron chi connectivity index (χ4n) is 3.27. The number of rotatable bonds is 3. The number of H-pyrrole nitrogens is 2. The summed E-state index contributed by atoms with van der Waals surface area (Å²) in [7, 11) is -3.43. The molecule has 2 N–H and O–H groups in total. The summed E-state index contributed by atoms with van der Waals surface area (Å²) in [6, 6.07) is 2.01. The van der Waals surface area contributed by atoms with Gasteiger partial charge in [0.1, 0.15) is 4.90 Å². The molecule has 1 aliphatic rings. The van der Waals surface area contributed by atoms with Crippen LogP contribution in [-0.2, 0) is 10.0 Å². The van der Waals surface area contributed by atoms with E-state index in [-0.39, 0.29) is 4.90 Å². The first-order chi connectivity index (χ1) is 11.2.